The Balaban J connectivity index is 1.67. The number of hydrogen-bond acceptors (Lipinski definition) is 6. The van der Waals surface area contributed by atoms with E-state index in [9.17, 15) is 9.59 Å². The van der Waals surface area contributed by atoms with E-state index in [1.165, 1.54) is 33.4 Å². The van der Waals surface area contributed by atoms with Gasteiger partial charge in [-0.05, 0) is 57.4 Å². The molecule has 0 saturated carbocycles. The van der Waals surface area contributed by atoms with Crippen molar-refractivity contribution >= 4 is 29.3 Å². The molecule has 3 rings (SSSR count). The van der Waals surface area contributed by atoms with E-state index in [4.69, 9.17) is 4.74 Å². The lowest BCUT2D eigenvalue weighted by Crippen LogP contribution is -2.37. The third-order valence-corrected chi connectivity index (χ3v) is 6.46. The van der Waals surface area contributed by atoms with Gasteiger partial charge in [0, 0.05) is 18.7 Å². The molecule has 7 nitrogen and oxygen atoms in total. The number of esters is 1. The molecule has 0 saturated heterocycles. The summed E-state index contributed by atoms with van der Waals surface area (Å²) in [5, 5.41) is 9.44. The number of carbonyl (C=O) groups is 2. The average Bonchev–Trinajstić information content (AvgIpc) is 3.23. The molecule has 0 N–H and O–H groups in total. The zero-order valence-corrected chi connectivity index (χ0v) is 21.1. The Hall–Kier alpha value is -3.13. The number of hydrogen-bond donors (Lipinski definition) is 0. The standard InChI is InChI=1S/C26H32N4O3S/c1-5-29-23(15-14-21-13-12-19(3)16-20(21)4)27-28-26(29)34-18-24(31)30(17-25(32)33-6-2)22-10-8-7-9-11-22/h7-13,16H,5-6,14-15,17-18H2,1-4H3. The summed E-state index contributed by atoms with van der Waals surface area (Å²) in [6.45, 7) is 8.89. The van der Waals surface area contributed by atoms with Gasteiger partial charge in [-0.25, -0.2) is 0 Å². The first kappa shape index (κ1) is 25.5. The maximum absolute atomic E-state index is 13.1. The average molecular weight is 481 g/mol. The van der Waals surface area contributed by atoms with Gasteiger partial charge in [-0.1, -0.05) is 53.7 Å². The van der Waals surface area contributed by atoms with Gasteiger partial charge in [0.15, 0.2) is 5.16 Å². The summed E-state index contributed by atoms with van der Waals surface area (Å²) in [6.07, 6.45) is 1.66. The molecule has 0 unspecified atom stereocenters. The fourth-order valence-electron chi connectivity index (χ4n) is 3.77. The van der Waals surface area contributed by atoms with Crippen LogP contribution in [-0.4, -0.2) is 45.5 Å². The normalized spacial score (nSPS) is 10.8. The molecule has 1 aromatic heterocycles. The number of para-hydroxylation sites is 1. The van der Waals surface area contributed by atoms with Gasteiger partial charge in [-0.15, -0.1) is 10.2 Å². The van der Waals surface area contributed by atoms with Gasteiger partial charge in [0.2, 0.25) is 5.91 Å². The van der Waals surface area contributed by atoms with Crippen LogP contribution >= 0.6 is 11.8 Å². The molecule has 34 heavy (non-hydrogen) atoms. The van der Waals surface area contributed by atoms with Crippen LogP contribution in [0.5, 0.6) is 0 Å². The molecule has 0 bridgehead atoms. The van der Waals surface area contributed by atoms with Crippen LogP contribution in [0.4, 0.5) is 5.69 Å². The molecule has 8 heteroatoms. The van der Waals surface area contributed by atoms with E-state index in [0.29, 0.717) is 10.8 Å². The summed E-state index contributed by atoms with van der Waals surface area (Å²) >= 11 is 1.34. The Morgan fingerprint density at radius 3 is 2.47 bits per heavy atom. The fraction of sp³-hybridized carbons (Fsp3) is 0.385. The van der Waals surface area contributed by atoms with Gasteiger partial charge >= 0.3 is 5.97 Å². The lowest BCUT2D eigenvalue weighted by Gasteiger charge is -2.21. The van der Waals surface area contributed by atoms with Crippen LogP contribution in [0.25, 0.3) is 0 Å². The number of nitrogens with zero attached hydrogens (tertiary/aromatic N) is 4. The molecule has 0 aliphatic heterocycles. The van der Waals surface area contributed by atoms with Gasteiger partial charge < -0.3 is 14.2 Å². The van der Waals surface area contributed by atoms with Crippen molar-refractivity contribution < 1.29 is 14.3 Å². The predicted octanol–water partition coefficient (Wildman–Crippen LogP) is 4.39. The van der Waals surface area contributed by atoms with E-state index in [1.807, 2.05) is 37.3 Å². The second kappa shape index (κ2) is 12.4. The minimum Gasteiger partial charge on any atom is -0.465 e. The van der Waals surface area contributed by atoms with Crippen molar-refractivity contribution in [2.45, 2.75) is 52.2 Å². The number of aryl methyl sites for hydroxylation is 4. The molecular formula is C26H32N4O3S. The lowest BCUT2D eigenvalue weighted by molar-refractivity contribution is -0.142. The van der Waals surface area contributed by atoms with Crippen LogP contribution in [0.2, 0.25) is 0 Å². The van der Waals surface area contributed by atoms with E-state index >= 15 is 0 Å². The first-order chi connectivity index (χ1) is 16.4. The number of anilines is 1. The number of thioether (sulfide) groups is 1. The van der Waals surface area contributed by atoms with E-state index < -0.39 is 5.97 Å². The number of rotatable bonds is 11. The van der Waals surface area contributed by atoms with Crippen LogP contribution in [0.15, 0.2) is 53.7 Å². The Bertz CT molecular complexity index is 1110. The number of carbonyl (C=O) groups excluding carboxylic acids is 2. The van der Waals surface area contributed by atoms with Crippen molar-refractivity contribution in [3.8, 4) is 0 Å². The highest BCUT2D eigenvalue weighted by atomic mass is 32.2. The molecule has 180 valence electrons. The molecule has 0 aliphatic carbocycles. The molecule has 0 atom stereocenters. The molecule has 0 spiro atoms. The summed E-state index contributed by atoms with van der Waals surface area (Å²) in [6, 6.07) is 15.7. The topological polar surface area (TPSA) is 77.3 Å². The number of benzene rings is 2. The second-order valence-electron chi connectivity index (χ2n) is 7.98. The lowest BCUT2D eigenvalue weighted by atomic mass is 10.0. The van der Waals surface area contributed by atoms with Crippen molar-refractivity contribution in [2.75, 3.05) is 23.8 Å². The molecule has 0 radical (unpaired) electrons. The first-order valence-electron chi connectivity index (χ1n) is 11.5. The molecule has 3 aromatic rings. The first-order valence-corrected chi connectivity index (χ1v) is 12.5. The minimum atomic E-state index is -0.435. The fourth-order valence-corrected chi connectivity index (χ4v) is 4.67. The SMILES string of the molecule is CCOC(=O)CN(C(=O)CSc1nnc(CCc2ccc(C)cc2C)n1CC)c1ccccc1. The van der Waals surface area contributed by atoms with Gasteiger partial charge in [-0.3, -0.25) is 9.59 Å². The predicted molar refractivity (Wildman–Crippen MR) is 135 cm³/mol. The van der Waals surface area contributed by atoms with Gasteiger partial charge in [-0.2, -0.15) is 0 Å². The molecule has 1 heterocycles. The highest BCUT2D eigenvalue weighted by Crippen LogP contribution is 2.21. The van der Waals surface area contributed by atoms with Crippen LogP contribution in [-0.2, 0) is 33.7 Å². The van der Waals surface area contributed by atoms with Crippen molar-refractivity contribution in [1.29, 1.82) is 0 Å². The van der Waals surface area contributed by atoms with E-state index in [-0.39, 0.29) is 24.8 Å². The largest absolute Gasteiger partial charge is 0.465 e. The van der Waals surface area contributed by atoms with Crippen molar-refractivity contribution in [3.05, 3.63) is 71.0 Å². The van der Waals surface area contributed by atoms with Gasteiger partial charge in [0.25, 0.3) is 0 Å². The summed E-state index contributed by atoms with van der Waals surface area (Å²) < 4.78 is 7.11. The third kappa shape index (κ3) is 6.70. The molecule has 2 aromatic carbocycles. The number of amides is 1. The summed E-state index contributed by atoms with van der Waals surface area (Å²) in [7, 11) is 0. The van der Waals surface area contributed by atoms with Gasteiger partial charge in [0.05, 0.1) is 12.4 Å². The summed E-state index contributed by atoms with van der Waals surface area (Å²) in [4.78, 5) is 26.6. The third-order valence-electron chi connectivity index (χ3n) is 5.51. The Labute approximate surface area is 205 Å². The van der Waals surface area contributed by atoms with E-state index in [2.05, 4.69) is 46.8 Å². The van der Waals surface area contributed by atoms with Crippen LogP contribution in [0.3, 0.4) is 0 Å². The smallest absolute Gasteiger partial charge is 0.326 e. The minimum absolute atomic E-state index is 0.126. The van der Waals surface area contributed by atoms with Crippen LogP contribution < -0.4 is 4.90 Å². The zero-order chi connectivity index (χ0) is 24.5. The summed E-state index contributed by atoms with van der Waals surface area (Å²) in [5.41, 5.74) is 4.50. The van der Waals surface area contributed by atoms with Gasteiger partial charge in [0.1, 0.15) is 12.4 Å². The number of ether oxygens (including phenoxy) is 1. The monoisotopic (exact) mass is 480 g/mol. The Kier molecular flexibility index (Phi) is 9.27. The molecule has 1 amide bonds. The van der Waals surface area contributed by atoms with Crippen LogP contribution in [0, 0.1) is 13.8 Å². The highest BCUT2D eigenvalue weighted by Gasteiger charge is 2.21. The zero-order valence-electron chi connectivity index (χ0n) is 20.3. The number of aromatic nitrogens is 3. The van der Waals surface area contributed by atoms with E-state index in [0.717, 1.165) is 25.2 Å². The molecule has 0 aliphatic rings. The van der Waals surface area contributed by atoms with E-state index in [1.54, 1.807) is 6.92 Å². The Morgan fingerprint density at radius 2 is 1.79 bits per heavy atom. The van der Waals surface area contributed by atoms with Crippen molar-refractivity contribution in [2.24, 2.45) is 0 Å². The molecule has 0 fully saturated rings. The quantitative estimate of drug-likeness (QED) is 0.299. The summed E-state index contributed by atoms with van der Waals surface area (Å²) in [5.74, 6) is 0.425. The second-order valence-corrected chi connectivity index (χ2v) is 8.92. The maximum atomic E-state index is 13.1. The van der Waals surface area contributed by atoms with Crippen molar-refractivity contribution in [3.63, 3.8) is 0 Å². The highest BCUT2D eigenvalue weighted by molar-refractivity contribution is 7.99. The van der Waals surface area contributed by atoms with Crippen LogP contribution in [0.1, 0.15) is 36.4 Å². The molecular weight excluding hydrogens is 448 g/mol. The Morgan fingerprint density at radius 1 is 1.03 bits per heavy atom. The maximum Gasteiger partial charge on any atom is 0.326 e. The van der Waals surface area contributed by atoms with Crippen molar-refractivity contribution in [1.82, 2.24) is 14.8 Å².